The Labute approximate surface area is 242 Å². The molecule has 0 bridgehead atoms. The fraction of sp³-hybridized carbons (Fsp3) is 0.333. The number of oxime groups is 1. The van der Waals surface area contributed by atoms with Gasteiger partial charge in [-0.1, -0.05) is 16.9 Å². The Kier molecular flexibility index (Phi) is 9.24. The van der Waals surface area contributed by atoms with Gasteiger partial charge < -0.3 is 25.8 Å². The van der Waals surface area contributed by atoms with E-state index in [0.717, 1.165) is 28.0 Å². The molecule has 1 saturated heterocycles. The van der Waals surface area contributed by atoms with E-state index in [2.05, 4.69) is 25.5 Å². The van der Waals surface area contributed by atoms with Crippen molar-refractivity contribution in [2.45, 2.75) is 16.6 Å². The monoisotopic (exact) mass is 576 g/mol. The molecule has 2 aliphatic rings. The molecule has 0 unspecified atom stereocenters. The number of carbonyl (C=O) groups excluding carboxylic acids is 3. The molecular weight excluding hydrogens is 559 g/mol. The van der Waals surface area contributed by atoms with E-state index in [-0.39, 0.29) is 68.5 Å². The van der Waals surface area contributed by atoms with Crippen LogP contribution in [0.3, 0.4) is 0 Å². The average Bonchev–Trinajstić information content (AvgIpc) is 3.27. The van der Waals surface area contributed by atoms with Gasteiger partial charge >= 0.3 is 40.7 Å². The number of rotatable bonds is 8. The molecule has 4 N–H and O–H groups in total. The maximum absolute atomic E-state index is 12.9. The molecule has 2 atom stereocenters. The number of amides is 2. The number of nitrogen functional groups attached to an aromatic ring is 1. The first kappa shape index (κ1) is 28.9. The number of nitrogens with one attached hydrogen (secondary N) is 2. The van der Waals surface area contributed by atoms with E-state index < -0.39 is 40.3 Å². The first-order valence-electron chi connectivity index (χ1n) is 9.94. The van der Waals surface area contributed by atoms with Gasteiger partial charge in [-0.3, -0.25) is 33.9 Å². The standard InChI is InChI=1S/C18H18N8O7S3.Na/c1-25-18(22-12(28)13(29)23-25)36-4-6-3-34-15-9(14(30)26(15)10(6)16(31)32)21-11(27)8(24-33-2)7-5-35-17(19)20-7;/h5,9,15H,3-4H2,1-2H3,(H2,19,20)(H,21,27)(H,23,29)(H,31,32);/q;+1/p-1/b24-8+;/t9-,15+;/m1./s1. The minimum absolute atomic E-state index is 0. The SMILES string of the molecule is CO/N=C(/C(=O)N[C@@H]1C(=O)N2C(C(=O)[O-])=C(CSc3nc(=O)c(=O)[nH]n3C)CS[C@@H]12)c1csc(N)n1.[Na+]. The molecule has 15 nitrogen and oxygen atoms in total. The molecule has 19 heteroatoms. The number of carbonyl (C=O) groups is 3. The Balaban J connectivity index is 0.00000380. The van der Waals surface area contributed by atoms with Crippen molar-refractivity contribution in [3.8, 4) is 0 Å². The molecule has 2 aliphatic heterocycles. The number of β-lactam (4-membered cyclic amide) rings is 1. The third kappa shape index (κ3) is 5.78. The third-order valence-corrected chi connectivity index (χ3v) is 8.14. The van der Waals surface area contributed by atoms with Crippen LogP contribution in [0.2, 0.25) is 0 Å². The minimum Gasteiger partial charge on any atom is -0.543 e. The summed E-state index contributed by atoms with van der Waals surface area (Å²) in [6.07, 6.45) is 0. The number of carboxylic acid groups (broad SMARTS) is 1. The molecule has 190 valence electrons. The summed E-state index contributed by atoms with van der Waals surface area (Å²) >= 11 is 3.35. The first-order chi connectivity index (χ1) is 17.1. The van der Waals surface area contributed by atoms with Gasteiger partial charge in [0.05, 0.1) is 11.7 Å². The Morgan fingerprint density at radius 2 is 2.11 bits per heavy atom. The summed E-state index contributed by atoms with van der Waals surface area (Å²) in [6, 6.07) is -1.02. The molecule has 0 spiro atoms. The van der Waals surface area contributed by atoms with E-state index >= 15 is 0 Å². The van der Waals surface area contributed by atoms with Crippen LogP contribution < -0.4 is 56.8 Å². The number of H-pyrrole nitrogens is 1. The number of aromatic amines is 1. The van der Waals surface area contributed by atoms with Crippen LogP contribution in [0.1, 0.15) is 5.69 Å². The molecular formula is C18H17N8NaO7S3. The number of hydrogen-bond donors (Lipinski definition) is 3. The number of aromatic nitrogens is 4. The van der Waals surface area contributed by atoms with Gasteiger partial charge in [-0.15, -0.1) is 23.1 Å². The fourth-order valence-corrected chi connectivity index (χ4v) is 6.38. The molecule has 2 aromatic rings. The topological polar surface area (TPSA) is 218 Å². The number of nitrogens with two attached hydrogens (primary N) is 1. The van der Waals surface area contributed by atoms with Crippen molar-refractivity contribution < 1.29 is 53.9 Å². The summed E-state index contributed by atoms with van der Waals surface area (Å²) in [5, 5.41) is 21.6. The number of fused-ring (bicyclic) bond motifs is 1. The zero-order valence-corrected chi connectivity index (χ0v) is 24.0. The van der Waals surface area contributed by atoms with E-state index in [1.54, 1.807) is 0 Å². The molecule has 4 rings (SSSR count). The number of nitrogens with zero attached hydrogens (tertiary/aromatic N) is 5. The van der Waals surface area contributed by atoms with Crippen molar-refractivity contribution in [3.63, 3.8) is 0 Å². The molecule has 1 fully saturated rings. The maximum atomic E-state index is 12.9. The Bertz CT molecular complexity index is 1430. The van der Waals surface area contributed by atoms with Gasteiger partial charge in [0.15, 0.2) is 16.0 Å². The fourth-order valence-electron chi connectivity index (χ4n) is 3.43. The van der Waals surface area contributed by atoms with Crippen molar-refractivity contribution in [2.24, 2.45) is 12.2 Å². The normalized spacial score (nSPS) is 19.0. The second-order valence-electron chi connectivity index (χ2n) is 7.28. The quantitative estimate of drug-likeness (QED) is 0.0668. The van der Waals surface area contributed by atoms with Crippen molar-refractivity contribution in [1.82, 2.24) is 30.0 Å². The van der Waals surface area contributed by atoms with Crippen LogP contribution in [0.15, 0.2) is 36.6 Å². The van der Waals surface area contributed by atoms with E-state index in [1.807, 2.05) is 0 Å². The Morgan fingerprint density at radius 3 is 2.73 bits per heavy atom. The zero-order valence-electron chi connectivity index (χ0n) is 19.5. The summed E-state index contributed by atoms with van der Waals surface area (Å²) in [6.45, 7) is 0. The van der Waals surface area contributed by atoms with Gasteiger partial charge in [0.1, 0.15) is 24.2 Å². The van der Waals surface area contributed by atoms with Gasteiger partial charge in [0.2, 0.25) is 0 Å². The average molecular weight is 577 g/mol. The van der Waals surface area contributed by atoms with Gasteiger partial charge in [0.25, 0.3) is 11.8 Å². The number of aliphatic carboxylic acids is 1. The van der Waals surface area contributed by atoms with Crippen LogP contribution in [0.5, 0.6) is 0 Å². The number of thiazole rings is 1. The molecule has 4 heterocycles. The summed E-state index contributed by atoms with van der Waals surface area (Å²) in [5.41, 5.74) is 3.77. The molecule has 2 aromatic heterocycles. The van der Waals surface area contributed by atoms with Crippen molar-refractivity contribution in [1.29, 1.82) is 0 Å². The smallest absolute Gasteiger partial charge is 0.543 e. The Hall–Kier alpha value is -2.64. The number of thioether (sulfide) groups is 2. The van der Waals surface area contributed by atoms with Crippen LogP contribution >= 0.6 is 34.9 Å². The van der Waals surface area contributed by atoms with E-state index in [9.17, 15) is 29.1 Å². The number of hydrogen-bond acceptors (Lipinski definition) is 14. The predicted molar refractivity (Wildman–Crippen MR) is 128 cm³/mol. The van der Waals surface area contributed by atoms with Crippen LogP contribution in [-0.4, -0.2) is 78.2 Å². The van der Waals surface area contributed by atoms with Crippen LogP contribution in [0.4, 0.5) is 5.13 Å². The molecule has 0 aromatic carbocycles. The van der Waals surface area contributed by atoms with Gasteiger partial charge in [-0.05, 0) is 5.57 Å². The molecule has 0 radical (unpaired) electrons. The second-order valence-corrected chi connectivity index (χ2v) is 10.2. The largest absolute Gasteiger partial charge is 1.00 e. The van der Waals surface area contributed by atoms with Crippen LogP contribution in [0, 0.1) is 0 Å². The van der Waals surface area contributed by atoms with E-state index in [1.165, 1.54) is 36.0 Å². The minimum atomic E-state index is -1.56. The van der Waals surface area contributed by atoms with Crippen LogP contribution in [0.25, 0.3) is 0 Å². The van der Waals surface area contributed by atoms with Crippen molar-refractivity contribution >= 4 is 63.5 Å². The third-order valence-electron chi connectivity index (χ3n) is 5.01. The summed E-state index contributed by atoms with van der Waals surface area (Å²) in [5.74, 6) is -2.68. The maximum Gasteiger partial charge on any atom is 1.00 e. The molecule has 37 heavy (non-hydrogen) atoms. The first-order valence-corrected chi connectivity index (χ1v) is 12.8. The van der Waals surface area contributed by atoms with Gasteiger partial charge in [-0.2, -0.15) is 4.98 Å². The van der Waals surface area contributed by atoms with Crippen molar-refractivity contribution in [3.05, 3.63) is 43.1 Å². The molecule has 2 amide bonds. The van der Waals surface area contributed by atoms with Crippen molar-refractivity contribution in [2.75, 3.05) is 24.3 Å². The summed E-state index contributed by atoms with van der Waals surface area (Å²) in [4.78, 5) is 74.0. The van der Waals surface area contributed by atoms with Gasteiger partial charge in [0, 0.05) is 23.9 Å². The second kappa shape index (κ2) is 11.8. The van der Waals surface area contributed by atoms with Crippen LogP contribution in [-0.2, 0) is 26.3 Å². The molecule has 0 aliphatic carbocycles. The number of carboxylic acids is 1. The van der Waals surface area contributed by atoms with Gasteiger partial charge in [-0.25, -0.2) is 4.98 Å². The predicted octanol–water partition coefficient (Wildman–Crippen LogP) is -5.94. The summed E-state index contributed by atoms with van der Waals surface area (Å²) in [7, 11) is 2.72. The van der Waals surface area contributed by atoms with E-state index in [4.69, 9.17) is 10.6 Å². The number of aryl methyl sites for hydroxylation is 1. The van der Waals surface area contributed by atoms with E-state index in [0.29, 0.717) is 5.57 Å². The Morgan fingerprint density at radius 1 is 1.38 bits per heavy atom. The zero-order chi connectivity index (χ0) is 26.1. The molecule has 0 saturated carbocycles. The summed E-state index contributed by atoms with van der Waals surface area (Å²) < 4.78 is 1.24. The number of anilines is 1.